The van der Waals surface area contributed by atoms with E-state index in [1.54, 1.807) is 4.68 Å². The number of Topliss-reactive ketones (excluding diaryl/α,β-unsaturated/α-hetero) is 1. The highest BCUT2D eigenvalue weighted by Gasteiger charge is 2.39. The van der Waals surface area contributed by atoms with E-state index in [9.17, 15) is 4.79 Å². The van der Waals surface area contributed by atoms with Crippen LogP contribution >= 0.6 is 0 Å². The minimum absolute atomic E-state index is 0.147. The number of fused-ring (bicyclic) bond motifs is 3. The SMILES string of the molecule is O=C1CCCC2=C1C(c1cn(-c3ccccc3)nn1)c1c(ccc3ccccc13)O2. The second-order valence-corrected chi connectivity index (χ2v) is 7.77. The molecule has 2 heterocycles. The molecule has 0 amide bonds. The highest BCUT2D eigenvalue weighted by molar-refractivity contribution is 6.01. The minimum atomic E-state index is -0.278. The van der Waals surface area contributed by atoms with Gasteiger partial charge < -0.3 is 4.74 Å². The van der Waals surface area contributed by atoms with Crippen LogP contribution in [0.2, 0.25) is 0 Å². The van der Waals surface area contributed by atoms with Crippen LogP contribution < -0.4 is 4.74 Å². The molecular weight excluding hydrogens is 374 g/mol. The molecule has 0 saturated heterocycles. The van der Waals surface area contributed by atoms with Crippen molar-refractivity contribution in [3.8, 4) is 11.4 Å². The Labute approximate surface area is 173 Å². The van der Waals surface area contributed by atoms with E-state index in [0.717, 1.165) is 57.6 Å². The fourth-order valence-electron chi connectivity index (χ4n) is 4.61. The molecule has 2 aliphatic rings. The van der Waals surface area contributed by atoms with Gasteiger partial charge in [-0.05, 0) is 35.4 Å². The topological polar surface area (TPSA) is 57.0 Å². The van der Waals surface area contributed by atoms with Crippen LogP contribution in [0.25, 0.3) is 16.5 Å². The normalized spacial score (nSPS) is 18.1. The minimum Gasteiger partial charge on any atom is -0.461 e. The van der Waals surface area contributed by atoms with Crippen molar-refractivity contribution < 1.29 is 9.53 Å². The van der Waals surface area contributed by atoms with Crippen molar-refractivity contribution >= 4 is 16.6 Å². The molecule has 1 unspecified atom stereocenters. The lowest BCUT2D eigenvalue weighted by Gasteiger charge is -2.32. The highest BCUT2D eigenvalue weighted by Crippen LogP contribution is 2.48. The standard InChI is InChI=1S/C25H19N3O2/c29-20-11-6-12-21-25(20)24(19-15-28(27-26-19)17-8-2-1-3-9-17)23-18-10-5-4-7-16(18)13-14-22(23)30-21/h1-5,7-10,13-15,24H,6,11-12H2. The van der Waals surface area contributed by atoms with Gasteiger partial charge in [0.05, 0.1) is 23.5 Å². The quantitative estimate of drug-likeness (QED) is 0.483. The van der Waals surface area contributed by atoms with Gasteiger partial charge in [0.2, 0.25) is 0 Å². The van der Waals surface area contributed by atoms with Crippen molar-refractivity contribution in [3.63, 3.8) is 0 Å². The first kappa shape index (κ1) is 17.2. The van der Waals surface area contributed by atoms with E-state index in [2.05, 4.69) is 28.5 Å². The molecule has 6 rings (SSSR count). The summed E-state index contributed by atoms with van der Waals surface area (Å²) in [5.41, 5.74) is 3.44. The maximum absolute atomic E-state index is 13.0. The number of allylic oxidation sites excluding steroid dienone is 2. The fourth-order valence-corrected chi connectivity index (χ4v) is 4.61. The van der Waals surface area contributed by atoms with E-state index in [1.807, 2.05) is 54.7 Å². The number of ketones is 1. The Morgan fingerprint density at radius 3 is 2.67 bits per heavy atom. The average molecular weight is 393 g/mol. The van der Waals surface area contributed by atoms with Crippen LogP contribution in [0.3, 0.4) is 0 Å². The van der Waals surface area contributed by atoms with Crippen molar-refractivity contribution in [2.24, 2.45) is 0 Å². The zero-order valence-electron chi connectivity index (χ0n) is 16.3. The lowest BCUT2D eigenvalue weighted by atomic mass is 9.77. The zero-order chi connectivity index (χ0) is 20.1. The summed E-state index contributed by atoms with van der Waals surface area (Å²) in [4.78, 5) is 13.0. The molecule has 0 fully saturated rings. The predicted molar refractivity (Wildman–Crippen MR) is 114 cm³/mol. The summed E-state index contributed by atoms with van der Waals surface area (Å²) in [5, 5.41) is 11.1. The first-order valence-corrected chi connectivity index (χ1v) is 10.2. The van der Waals surface area contributed by atoms with Crippen molar-refractivity contribution in [2.75, 3.05) is 0 Å². The van der Waals surface area contributed by atoms with Crippen molar-refractivity contribution in [1.29, 1.82) is 0 Å². The summed E-state index contributed by atoms with van der Waals surface area (Å²) in [5.74, 6) is 1.46. The molecule has 0 radical (unpaired) electrons. The Balaban J connectivity index is 1.59. The highest BCUT2D eigenvalue weighted by atomic mass is 16.5. The molecule has 0 saturated carbocycles. The number of rotatable bonds is 2. The second kappa shape index (κ2) is 6.66. The smallest absolute Gasteiger partial charge is 0.163 e. The number of nitrogens with zero attached hydrogens (tertiary/aromatic N) is 3. The van der Waals surface area contributed by atoms with E-state index in [-0.39, 0.29) is 11.7 Å². The molecule has 3 aromatic carbocycles. The molecule has 1 atom stereocenters. The van der Waals surface area contributed by atoms with Gasteiger partial charge in [0.15, 0.2) is 5.78 Å². The molecule has 4 aromatic rings. The molecule has 0 N–H and O–H groups in total. The van der Waals surface area contributed by atoms with Crippen molar-refractivity contribution in [3.05, 3.63) is 95.5 Å². The number of para-hydroxylation sites is 1. The number of benzene rings is 3. The zero-order valence-corrected chi connectivity index (χ0v) is 16.3. The Kier molecular flexibility index (Phi) is 3.81. The number of hydrogen-bond acceptors (Lipinski definition) is 4. The lowest BCUT2D eigenvalue weighted by molar-refractivity contribution is -0.116. The molecule has 1 aliphatic carbocycles. The summed E-state index contributed by atoms with van der Waals surface area (Å²) in [6.07, 6.45) is 4.08. The summed E-state index contributed by atoms with van der Waals surface area (Å²) in [7, 11) is 0. The number of carbonyl (C=O) groups excluding carboxylic acids is 1. The Morgan fingerprint density at radius 2 is 1.77 bits per heavy atom. The van der Waals surface area contributed by atoms with Gasteiger partial charge in [-0.3, -0.25) is 4.79 Å². The van der Waals surface area contributed by atoms with Crippen LogP contribution in [0.5, 0.6) is 5.75 Å². The third-order valence-electron chi connectivity index (χ3n) is 5.98. The van der Waals surface area contributed by atoms with Crippen LogP contribution in [0.4, 0.5) is 0 Å². The summed E-state index contributed by atoms with van der Waals surface area (Å²) in [6.45, 7) is 0. The number of hydrogen-bond donors (Lipinski definition) is 0. The van der Waals surface area contributed by atoms with Gasteiger partial charge in [0.25, 0.3) is 0 Å². The van der Waals surface area contributed by atoms with Gasteiger partial charge in [-0.15, -0.1) is 5.10 Å². The first-order chi connectivity index (χ1) is 14.8. The molecule has 1 aliphatic heterocycles. The molecule has 5 heteroatoms. The second-order valence-electron chi connectivity index (χ2n) is 7.77. The van der Waals surface area contributed by atoms with Crippen molar-refractivity contribution in [2.45, 2.75) is 25.2 Å². The maximum atomic E-state index is 13.0. The van der Waals surface area contributed by atoms with Gasteiger partial charge in [0, 0.05) is 24.0 Å². The Bertz CT molecular complexity index is 1320. The van der Waals surface area contributed by atoms with E-state index >= 15 is 0 Å². The first-order valence-electron chi connectivity index (χ1n) is 10.2. The molecule has 5 nitrogen and oxygen atoms in total. The van der Waals surface area contributed by atoms with Gasteiger partial charge in [0.1, 0.15) is 11.5 Å². The molecule has 1 aromatic heterocycles. The molecule has 0 spiro atoms. The van der Waals surface area contributed by atoms with Crippen LogP contribution in [0.15, 0.2) is 84.3 Å². The largest absolute Gasteiger partial charge is 0.461 e. The summed E-state index contributed by atoms with van der Waals surface area (Å²) >= 11 is 0. The van der Waals surface area contributed by atoms with Gasteiger partial charge in [-0.2, -0.15) is 0 Å². The molecule has 146 valence electrons. The number of aromatic nitrogens is 3. The Morgan fingerprint density at radius 1 is 0.933 bits per heavy atom. The summed E-state index contributed by atoms with van der Waals surface area (Å²) < 4.78 is 8.03. The fraction of sp³-hybridized carbons (Fsp3) is 0.160. The van der Waals surface area contributed by atoms with Crippen molar-refractivity contribution in [1.82, 2.24) is 15.0 Å². The van der Waals surface area contributed by atoms with Gasteiger partial charge in [-0.1, -0.05) is 53.7 Å². The third-order valence-corrected chi connectivity index (χ3v) is 5.98. The van der Waals surface area contributed by atoms with Crippen LogP contribution in [-0.4, -0.2) is 20.8 Å². The van der Waals surface area contributed by atoms with Gasteiger partial charge >= 0.3 is 0 Å². The number of ether oxygens (including phenoxy) is 1. The van der Waals surface area contributed by atoms with Crippen LogP contribution in [0, 0.1) is 0 Å². The molecule has 0 bridgehead atoms. The molecule has 30 heavy (non-hydrogen) atoms. The van der Waals surface area contributed by atoms with E-state index in [1.165, 1.54) is 0 Å². The monoisotopic (exact) mass is 393 g/mol. The average Bonchev–Trinajstić information content (AvgIpc) is 3.28. The third kappa shape index (κ3) is 2.59. The maximum Gasteiger partial charge on any atom is 0.163 e. The van der Waals surface area contributed by atoms with E-state index in [0.29, 0.717) is 6.42 Å². The predicted octanol–water partition coefficient (Wildman–Crippen LogP) is 4.95. The molecular formula is C25H19N3O2. The van der Waals surface area contributed by atoms with Crippen LogP contribution in [-0.2, 0) is 4.79 Å². The van der Waals surface area contributed by atoms with Crippen LogP contribution in [0.1, 0.15) is 36.4 Å². The Hall–Kier alpha value is -3.73. The lowest BCUT2D eigenvalue weighted by Crippen LogP contribution is -2.26. The number of carbonyl (C=O) groups is 1. The van der Waals surface area contributed by atoms with E-state index in [4.69, 9.17) is 4.74 Å². The summed E-state index contributed by atoms with van der Waals surface area (Å²) in [6, 6.07) is 22.2. The van der Waals surface area contributed by atoms with Gasteiger partial charge in [-0.25, -0.2) is 4.68 Å². The van der Waals surface area contributed by atoms with E-state index < -0.39 is 0 Å².